The van der Waals surface area contributed by atoms with Crippen LogP contribution < -0.4 is 15.4 Å². The second kappa shape index (κ2) is 8.57. The molecule has 2 aromatic rings. The fourth-order valence-electron chi connectivity index (χ4n) is 3.35. The van der Waals surface area contributed by atoms with E-state index in [0.29, 0.717) is 30.9 Å². The van der Waals surface area contributed by atoms with Crippen LogP contribution in [0.15, 0.2) is 30.5 Å². The first kappa shape index (κ1) is 18.8. The van der Waals surface area contributed by atoms with Crippen LogP contribution >= 0.6 is 0 Å². The van der Waals surface area contributed by atoms with Gasteiger partial charge in [-0.05, 0) is 44.0 Å². The summed E-state index contributed by atoms with van der Waals surface area (Å²) in [6, 6.07) is 6.88. The van der Waals surface area contributed by atoms with Gasteiger partial charge in [-0.2, -0.15) is 5.10 Å². The van der Waals surface area contributed by atoms with Gasteiger partial charge in [-0.3, -0.25) is 9.89 Å². The van der Waals surface area contributed by atoms with Crippen molar-refractivity contribution in [2.24, 2.45) is 0 Å². The van der Waals surface area contributed by atoms with Crippen LogP contribution in [0, 0.1) is 0 Å². The molecule has 1 aliphatic heterocycles. The van der Waals surface area contributed by atoms with E-state index in [2.05, 4.69) is 20.8 Å². The van der Waals surface area contributed by atoms with Crippen LogP contribution in [0.2, 0.25) is 0 Å². The smallest absolute Gasteiger partial charge is 0.319 e. The Hall–Kier alpha value is -3.03. The summed E-state index contributed by atoms with van der Waals surface area (Å²) in [7, 11) is 1.60. The number of hydrogen-bond acceptors (Lipinski definition) is 4. The molecular weight excluding hydrogens is 346 g/mol. The highest BCUT2D eigenvalue weighted by atomic mass is 16.5. The van der Waals surface area contributed by atoms with Gasteiger partial charge >= 0.3 is 6.03 Å². The molecule has 1 fully saturated rings. The number of piperidine rings is 1. The van der Waals surface area contributed by atoms with Crippen molar-refractivity contribution in [2.75, 3.05) is 32.1 Å². The van der Waals surface area contributed by atoms with Crippen molar-refractivity contribution in [2.45, 2.75) is 25.7 Å². The summed E-state index contributed by atoms with van der Waals surface area (Å²) in [6.45, 7) is 3.71. The van der Waals surface area contributed by atoms with E-state index in [0.717, 1.165) is 24.3 Å². The van der Waals surface area contributed by atoms with Crippen LogP contribution in [0.5, 0.6) is 5.75 Å². The van der Waals surface area contributed by atoms with Crippen molar-refractivity contribution in [3.63, 3.8) is 0 Å². The third-order valence-corrected chi connectivity index (χ3v) is 4.71. The number of nitrogens with one attached hydrogen (secondary N) is 3. The van der Waals surface area contributed by atoms with E-state index in [-0.39, 0.29) is 17.9 Å². The molecule has 8 heteroatoms. The molecule has 27 heavy (non-hydrogen) atoms. The van der Waals surface area contributed by atoms with Crippen LogP contribution in [0.4, 0.5) is 10.5 Å². The third-order valence-electron chi connectivity index (χ3n) is 4.71. The Bertz CT molecular complexity index is 787. The lowest BCUT2D eigenvalue weighted by Gasteiger charge is -2.32. The Balaban J connectivity index is 1.70. The standard InChI is InChI=1S/C19H25N5O3/c1-3-20-19(26)22-16-11-21-23-17(16)14-5-4-10-24(12-14)18(25)13-6-8-15(27-2)9-7-13/h6-9,11,14H,3-5,10,12H2,1-2H3,(H,21,23)(H2,20,22,26). The zero-order valence-electron chi connectivity index (χ0n) is 15.6. The van der Waals surface area contributed by atoms with E-state index in [9.17, 15) is 9.59 Å². The van der Waals surface area contributed by atoms with Gasteiger partial charge in [0.1, 0.15) is 5.75 Å². The first-order valence-electron chi connectivity index (χ1n) is 9.13. The second-order valence-electron chi connectivity index (χ2n) is 6.50. The first-order valence-corrected chi connectivity index (χ1v) is 9.13. The van der Waals surface area contributed by atoms with E-state index in [1.165, 1.54) is 0 Å². The molecule has 3 N–H and O–H groups in total. The molecule has 8 nitrogen and oxygen atoms in total. The van der Waals surface area contributed by atoms with Crippen molar-refractivity contribution < 1.29 is 14.3 Å². The number of ether oxygens (including phenoxy) is 1. The lowest BCUT2D eigenvalue weighted by Crippen LogP contribution is -2.39. The van der Waals surface area contributed by atoms with Gasteiger partial charge in [0.05, 0.1) is 24.7 Å². The molecule has 1 unspecified atom stereocenters. The predicted molar refractivity (Wildman–Crippen MR) is 102 cm³/mol. The van der Waals surface area contributed by atoms with Crippen LogP contribution in [0.1, 0.15) is 41.7 Å². The van der Waals surface area contributed by atoms with Gasteiger partial charge in [-0.25, -0.2) is 4.79 Å². The van der Waals surface area contributed by atoms with Crippen LogP contribution in [0.3, 0.4) is 0 Å². The SMILES string of the molecule is CCNC(=O)Nc1cn[nH]c1C1CCCN(C(=O)c2ccc(OC)cc2)C1. The molecule has 0 bridgehead atoms. The van der Waals surface area contributed by atoms with E-state index < -0.39 is 0 Å². The average Bonchev–Trinajstić information content (AvgIpc) is 3.16. The number of nitrogens with zero attached hydrogens (tertiary/aromatic N) is 2. The summed E-state index contributed by atoms with van der Waals surface area (Å²) in [5.74, 6) is 0.821. The van der Waals surface area contributed by atoms with Crippen molar-refractivity contribution in [1.82, 2.24) is 20.4 Å². The average molecular weight is 371 g/mol. The number of carbonyl (C=O) groups excluding carboxylic acids is 2. The number of hydrogen-bond donors (Lipinski definition) is 3. The molecule has 1 aromatic carbocycles. The minimum absolute atomic E-state index is 0.0000959. The molecule has 0 aliphatic carbocycles. The topological polar surface area (TPSA) is 99.4 Å². The monoisotopic (exact) mass is 371 g/mol. The van der Waals surface area contributed by atoms with Crippen molar-refractivity contribution >= 4 is 17.6 Å². The fourth-order valence-corrected chi connectivity index (χ4v) is 3.35. The largest absolute Gasteiger partial charge is 0.497 e. The zero-order valence-corrected chi connectivity index (χ0v) is 15.6. The Morgan fingerprint density at radius 1 is 1.33 bits per heavy atom. The van der Waals surface area contributed by atoms with Crippen molar-refractivity contribution in [3.8, 4) is 5.75 Å². The summed E-state index contributed by atoms with van der Waals surface area (Å²) >= 11 is 0. The summed E-state index contributed by atoms with van der Waals surface area (Å²) in [5, 5.41) is 12.6. The van der Waals surface area contributed by atoms with Crippen molar-refractivity contribution in [3.05, 3.63) is 41.7 Å². The molecule has 2 heterocycles. The number of aromatic nitrogens is 2. The second-order valence-corrected chi connectivity index (χ2v) is 6.50. The number of urea groups is 1. The van der Waals surface area contributed by atoms with Gasteiger partial charge in [0, 0.05) is 31.1 Å². The van der Waals surface area contributed by atoms with Gasteiger partial charge in [0.15, 0.2) is 0 Å². The van der Waals surface area contributed by atoms with E-state index in [1.807, 2.05) is 11.8 Å². The maximum absolute atomic E-state index is 12.8. The lowest BCUT2D eigenvalue weighted by molar-refractivity contribution is 0.0706. The highest BCUT2D eigenvalue weighted by molar-refractivity contribution is 5.94. The van der Waals surface area contributed by atoms with E-state index in [4.69, 9.17) is 4.74 Å². The van der Waals surface area contributed by atoms with Crippen molar-refractivity contribution in [1.29, 1.82) is 0 Å². The lowest BCUT2D eigenvalue weighted by atomic mass is 9.93. The Morgan fingerprint density at radius 2 is 2.11 bits per heavy atom. The molecule has 1 aromatic heterocycles. The molecule has 3 amide bonds. The molecule has 1 atom stereocenters. The number of carbonyl (C=O) groups is 2. The number of benzene rings is 1. The Kier molecular flexibility index (Phi) is 5.95. The van der Waals surface area contributed by atoms with Gasteiger partial charge < -0.3 is 20.3 Å². The maximum Gasteiger partial charge on any atom is 0.319 e. The highest BCUT2D eigenvalue weighted by Gasteiger charge is 2.28. The molecular formula is C19H25N5O3. The molecule has 0 radical (unpaired) electrons. The zero-order chi connectivity index (χ0) is 19.2. The van der Waals surface area contributed by atoms with E-state index in [1.54, 1.807) is 37.6 Å². The summed E-state index contributed by atoms with van der Waals surface area (Å²) in [6.07, 6.45) is 3.43. The molecule has 144 valence electrons. The summed E-state index contributed by atoms with van der Waals surface area (Å²) in [4.78, 5) is 26.5. The first-order chi connectivity index (χ1) is 13.1. The number of methoxy groups -OCH3 is 1. The van der Waals surface area contributed by atoms with Gasteiger partial charge in [-0.1, -0.05) is 0 Å². The predicted octanol–water partition coefficient (Wildman–Crippen LogP) is 2.58. The number of anilines is 1. The minimum atomic E-state index is -0.262. The Morgan fingerprint density at radius 3 is 2.81 bits per heavy atom. The van der Waals surface area contributed by atoms with E-state index >= 15 is 0 Å². The van der Waals surface area contributed by atoms with Gasteiger partial charge in [0.25, 0.3) is 5.91 Å². The van der Waals surface area contributed by atoms with Gasteiger partial charge in [-0.15, -0.1) is 0 Å². The number of H-pyrrole nitrogens is 1. The number of likely N-dealkylation sites (tertiary alicyclic amines) is 1. The maximum atomic E-state index is 12.8. The molecule has 0 spiro atoms. The molecule has 0 saturated carbocycles. The number of rotatable bonds is 5. The highest BCUT2D eigenvalue weighted by Crippen LogP contribution is 2.31. The molecule has 3 rings (SSSR count). The Labute approximate surface area is 158 Å². The van der Waals surface area contributed by atoms with Crippen LogP contribution in [0.25, 0.3) is 0 Å². The minimum Gasteiger partial charge on any atom is -0.497 e. The quantitative estimate of drug-likeness (QED) is 0.752. The summed E-state index contributed by atoms with van der Waals surface area (Å²) in [5.41, 5.74) is 2.15. The van der Waals surface area contributed by atoms with Crippen LogP contribution in [-0.4, -0.2) is 53.8 Å². The number of amides is 3. The van der Waals surface area contributed by atoms with Crippen LogP contribution in [-0.2, 0) is 0 Å². The number of aromatic amines is 1. The van der Waals surface area contributed by atoms with Gasteiger partial charge in [0.2, 0.25) is 0 Å². The summed E-state index contributed by atoms with van der Waals surface area (Å²) < 4.78 is 5.15. The molecule has 1 aliphatic rings. The third kappa shape index (κ3) is 4.39. The fraction of sp³-hybridized carbons (Fsp3) is 0.421. The molecule has 1 saturated heterocycles. The normalized spacial score (nSPS) is 16.7.